The van der Waals surface area contributed by atoms with Crippen LogP contribution in [0.4, 0.5) is 20.6 Å². The first kappa shape index (κ1) is 17.9. The Kier molecular flexibility index (Phi) is 5.18. The van der Waals surface area contributed by atoms with Gasteiger partial charge in [0.25, 0.3) is 5.91 Å². The molecule has 2 aromatic carbocycles. The van der Waals surface area contributed by atoms with Crippen LogP contribution in [0.15, 0.2) is 36.4 Å². The lowest BCUT2D eigenvalue weighted by Crippen LogP contribution is -2.27. The Morgan fingerprint density at radius 3 is 2.73 bits per heavy atom. The van der Waals surface area contributed by atoms with E-state index < -0.39 is 5.91 Å². The van der Waals surface area contributed by atoms with Crippen LogP contribution in [0.1, 0.15) is 21.5 Å². The number of nitrogens with zero attached hydrogens (tertiary/aromatic N) is 1. The maximum Gasteiger partial charge on any atom is 0.321 e. The van der Waals surface area contributed by atoms with Crippen molar-refractivity contribution in [1.82, 2.24) is 10.2 Å². The molecule has 6 nitrogen and oxygen atoms in total. The molecule has 136 valence electrons. The lowest BCUT2D eigenvalue weighted by Gasteiger charge is -2.19. The van der Waals surface area contributed by atoms with Crippen molar-refractivity contribution in [3.63, 3.8) is 0 Å². The number of nitrogens with one attached hydrogen (secondary N) is 3. The van der Waals surface area contributed by atoms with Gasteiger partial charge in [0.05, 0.1) is 5.69 Å². The van der Waals surface area contributed by atoms with E-state index >= 15 is 0 Å². The van der Waals surface area contributed by atoms with Gasteiger partial charge >= 0.3 is 6.03 Å². The second kappa shape index (κ2) is 7.53. The van der Waals surface area contributed by atoms with Crippen molar-refractivity contribution in [2.24, 2.45) is 0 Å². The Bertz CT molecular complexity index is 851. The average Bonchev–Trinajstić information content (AvgIpc) is 2.64. The number of hydrogen-bond acceptors (Lipinski definition) is 3. The van der Waals surface area contributed by atoms with Crippen molar-refractivity contribution in [2.45, 2.75) is 13.0 Å². The zero-order valence-electron chi connectivity index (χ0n) is 14.7. The zero-order chi connectivity index (χ0) is 18.7. The highest BCUT2D eigenvalue weighted by Crippen LogP contribution is 2.25. The summed E-state index contributed by atoms with van der Waals surface area (Å²) in [5.41, 5.74) is 2.56. The third kappa shape index (κ3) is 3.83. The van der Waals surface area contributed by atoms with Crippen molar-refractivity contribution in [2.75, 3.05) is 31.3 Å². The Balaban J connectivity index is 1.77. The highest BCUT2D eigenvalue weighted by atomic mass is 19.1. The van der Waals surface area contributed by atoms with Crippen LogP contribution >= 0.6 is 0 Å². The Morgan fingerprint density at radius 2 is 1.96 bits per heavy atom. The second-order valence-electron chi connectivity index (χ2n) is 6.35. The van der Waals surface area contributed by atoms with E-state index in [1.54, 1.807) is 44.4 Å². The normalized spacial score (nSPS) is 12.9. The van der Waals surface area contributed by atoms with Crippen molar-refractivity contribution in [3.05, 3.63) is 58.9 Å². The standard InChI is InChI=1S/C19H21FN4O2/c1-24(2)19(26)22-14-5-3-4-12(10-14)18(25)23-16-7-6-13-11-21-9-8-15(13)17(16)20/h3-7,10,21H,8-9,11H2,1-2H3,(H,22,26)(H,23,25). The van der Waals surface area contributed by atoms with E-state index in [-0.39, 0.29) is 17.5 Å². The van der Waals surface area contributed by atoms with Crippen molar-refractivity contribution in [1.29, 1.82) is 0 Å². The largest absolute Gasteiger partial charge is 0.331 e. The van der Waals surface area contributed by atoms with Crippen molar-refractivity contribution in [3.8, 4) is 0 Å². The van der Waals surface area contributed by atoms with Crippen LogP contribution in [-0.2, 0) is 13.0 Å². The van der Waals surface area contributed by atoms with Gasteiger partial charge in [-0.05, 0) is 48.4 Å². The molecule has 0 radical (unpaired) electrons. The number of carbonyl (C=O) groups excluding carboxylic acids is 2. The number of urea groups is 1. The molecule has 0 saturated carbocycles. The maximum absolute atomic E-state index is 14.7. The lowest BCUT2D eigenvalue weighted by atomic mass is 9.99. The molecular formula is C19H21FN4O2. The van der Waals surface area contributed by atoms with Gasteiger partial charge in [-0.3, -0.25) is 4.79 Å². The van der Waals surface area contributed by atoms with Crippen LogP contribution in [0.5, 0.6) is 0 Å². The molecule has 26 heavy (non-hydrogen) atoms. The zero-order valence-corrected chi connectivity index (χ0v) is 14.7. The van der Waals surface area contributed by atoms with Crippen LogP contribution in [0.3, 0.4) is 0 Å². The fourth-order valence-corrected chi connectivity index (χ4v) is 2.80. The molecule has 7 heteroatoms. The molecule has 0 saturated heterocycles. The molecule has 3 N–H and O–H groups in total. The van der Waals surface area contributed by atoms with E-state index in [9.17, 15) is 14.0 Å². The highest BCUT2D eigenvalue weighted by Gasteiger charge is 2.18. The third-order valence-electron chi connectivity index (χ3n) is 4.24. The summed E-state index contributed by atoms with van der Waals surface area (Å²) in [4.78, 5) is 25.6. The molecule has 0 aromatic heterocycles. The Morgan fingerprint density at radius 1 is 1.15 bits per heavy atom. The third-order valence-corrected chi connectivity index (χ3v) is 4.24. The molecule has 1 aliphatic rings. The fraction of sp³-hybridized carbons (Fsp3) is 0.263. The summed E-state index contributed by atoms with van der Waals surface area (Å²) in [6, 6.07) is 9.62. The molecule has 0 aliphatic carbocycles. The van der Waals surface area contributed by atoms with E-state index in [1.807, 2.05) is 6.07 Å². The monoisotopic (exact) mass is 356 g/mol. The van der Waals surface area contributed by atoms with Crippen LogP contribution < -0.4 is 16.0 Å². The van der Waals surface area contributed by atoms with Gasteiger partial charge in [0.15, 0.2) is 0 Å². The average molecular weight is 356 g/mol. The Labute approximate surface area is 151 Å². The van der Waals surface area contributed by atoms with E-state index in [0.29, 0.717) is 29.8 Å². The number of benzene rings is 2. The summed E-state index contributed by atoms with van der Waals surface area (Å²) in [7, 11) is 3.25. The summed E-state index contributed by atoms with van der Waals surface area (Å²) in [5.74, 6) is -0.812. The minimum atomic E-state index is -0.432. The summed E-state index contributed by atoms with van der Waals surface area (Å²) in [6.07, 6.45) is 0.594. The summed E-state index contributed by atoms with van der Waals surface area (Å²) >= 11 is 0. The number of fused-ring (bicyclic) bond motifs is 1. The van der Waals surface area contributed by atoms with Gasteiger partial charge in [-0.15, -0.1) is 0 Å². The Hall–Kier alpha value is -2.93. The van der Waals surface area contributed by atoms with E-state index in [4.69, 9.17) is 0 Å². The highest BCUT2D eigenvalue weighted by molar-refractivity contribution is 6.05. The molecule has 2 aromatic rings. The predicted molar refractivity (Wildman–Crippen MR) is 98.9 cm³/mol. The molecule has 1 heterocycles. The van der Waals surface area contributed by atoms with Crippen LogP contribution in [-0.4, -0.2) is 37.5 Å². The molecule has 0 unspecified atom stereocenters. The number of amides is 3. The van der Waals surface area contributed by atoms with Gasteiger partial charge in [-0.1, -0.05) is 12.1 Å². The smallest absolute Gasteiger partial charge is 0.321 e. The van der Waals surface area contributed by atoms with Crippen LogP contribution in [0, 0.1) is 5.82 Å². The van der Waals surface area contributed by atoms with E-state index in [0.717, 1.165) is 12.1 Å². The molecule has 0 fully saturated rings. The van der Waals surface area contributed by atoms with Gasteiger partial charge in [0, 0.05) is 31.9 Å². The van der Waals surface area contributed by atoms with E-state index in [2.05, 4.69) is 16.0 Å². The van der Waals surface area contributed by atoms with Gasteiger partial charge in [0.1, 0.15) is 5.82 Å². The first-order chi connectivity index (χ1) is 12.5. The van der Waals surface area contributed by atoms with Crippen LogP contribution in [0.25, 0.3) is 0 Å². The first-order valence-electron chi connectivity index (χ1n) is 8.36. The lowest BCUT2D eigenvalue weighted by molar-refractivity contribution is 0.102. The summed E-state index contributed by atoms with van der Waals surface area (Å²) < 4.78 is 14.7. The molecule has 3 amide bonds. The first-order valence-corrected chi connectivity index (χ1v) is 8.36. The van der Waals surface area contributed by atoms with Gasteiger partial charge in [0.2, 0.25) is 0 Å². The minimum Gasteiger partial charge on any atom is -0.331 e. The maximum atomic E-state index is 14.7. The fourth-order valence-electron chi connectivity index (χ4n) is 2.80. The van der Waals surface area contributed by atoms with Gasteiger partial charge in [-0.25, -0.2) is 9.18 Å². The summed E-state index contributed by atoms with van der Waals surface area (Å²) in [5, 5.41) is 8.49. The second-order valence-corrected chi connectivity index (χ2v) is 6.35. The van der Waals surface area contributed by atoms with Crippen molar-refractivity contribution >= 4 is 23.3 Å². The molecular weight excluding hydrogens is 335 g/mol. The van der Waals surface area contributed by atoms with Gasteiger partial charge in [-0.2, -0.15) is 0 Å². The molecule has 1 aliphatic heterocycles. The minimum absolute atomic E-state index is 0.165. The number of carbonyl (C=O) groups is 2. The van der Waals surface area contributed by atoms with E-state index in [1.165, 1.54) is 4.90 Å². The topological polar surface area (TPSA) is 73.5 Å². The quantitative estimate of drug-likeness (QED) is 0.792. The molecule has 3 rings (SSSR count). The summed E-state index contributed by atoms with van der Waals surface area (Å²) in [6.45, 7) is 1.35. The van der Waals surface area contributed by atoms with Crippen LogP contribution in [0.2, 0.25) is 0 Å². The number of hydrogen-bond donors (Lipinski definition) is 3. The SMILES string of the molecule is CN(C)C(=O)Nc1cccc(C(=O)Nc2ccc3c(c2F)CCNC3)c1. The molecule has 0 spiro atoms. The number of anilines is 2. The molecule has 0 bridgehead atoms. The molecule has 0 atom stereocenters. The number of rotatable bonds is 3. The predicted octanol–water partition coefficient (Wildman–Crippen LogP) is 2.82. The van der Waals surface area contributed by atoms with Gasteiger partial charge < -0.3 is 20.9 Å². The van der Waals surface area contributed by atoms with Crippen molar-refractivity contribution < 1.29 is 14.0 Å². The number of halogens is 1.